The number of nitrogens with zero attached hydrogens (tertiary/aromatic N) is 2. The molecule has 0 saturated heterocycles. The summed E-state index contributed by atoms with van der Waals surface area (Å²) in [5.74, 6) is 0.767. The molecule has 0 atom stereocenters. The van der Waals surface area contributed by atoms with Gasteiger partial charge in [-0.2, -0.15) is 0 Å². The quantitative estimate of drug-likeness (QED) is 0.187. The first-order chi connectivity index (χ1) is 18.6. The van der Waals surface area contributed by atoms with E-state index in [1.165, 1.54) is 0 Å². The lowest BCUT2D eigenvalue weighted by Gasteiger charge is -2.13. The molecule has 6 nitrogen and oxygen atoms in total. The lowest BCUT2D eigenvalue weighted by atomic mass is 10.1. The zero-order valence-electron chi connectivity index (χ0n) is 20.5. The molecular formula is C30H26BrClN4O2. The predicted octanol–water partition coefficient (Wildman–Crippen LogP) is 6.86. The van der Waals surface area contributed by atoms with Crippen LogP contribution in [0.2, 0.25) is 5.02 Å². The van der Waals surface area contributed by atoms with Gasteiger partial charge in [-0.15, -0.1) is 0 Å². The van der Waals surface area contributed by atoms with E-state index in [9.17, 15) is 4.79 Å². The van der Waals surface area contributed by atoms with Gasteiger partial charge in [0, 0.05) is 35.9 Å². The van der Waals surface area contributed by atoms with Crippen molar-refractivity contribution >= 4 is 44.9 Å². The Morgan fingerprint density at radius 1 is 0.895 bits per heavy atom. The Morgan fingerprint density at radius 3 is 2.37 bits per heavy atom. The van der Waals surface area contributed by atoms with Gasteiger partial charge < -0.3 is 15.4 Å². The maximum absolute atomic E-state index is 12.1. The van der Waals surface area contributed by atoms with Gasteiger partial charge in [0.05, 0.1) is 16.8 Å². The van der Waals surface area contributed by atoms with Crippen molar-refractivity contribution in [1.82, 2.24) is 14.7 Å². The number of carbonyl (C=O) groups excluding carboxylic acids is 1. The molecule has 3 aromatic carbocycles. The summed E-state index contributed by atoms with van der Waals surface area (Å²) in [6.07, 6.45) is 1.97. The summed E-state index contributed by atoms with van der Waals surface area (Å²) in [5.41, 5.74) is 5.66. The van der Waals surface area contributed by atoms with Crippen LogP contribution < -0.4 is 10.6 Å². The fraction of sp³-hybridized carbons (Fsp3) is 0.133. The predicted molar refractivity (Wildman–Crippen MR) is 155 cm³/mol. The number of fused-ring (bicyclic) bond motifs is 1. The number of hydrogen-bond donors (Lipinski definition) is 2. The highest BCUT2D eigenvalue weighted by molar-refractivity contribution is 9.10. The van der Waals surface area contributed by atoms with Crippen molar-refractivity contribution in [3.8, 4) is 11.3 Å². The van der Waals surface area contributed by atoms with Crippen LogP contribution in [0.25, 0.3) is 16.9 Å². The smallest absolute Gasteiger partial charge is 0.246 e. The summed E-state index contributed by atoms with van der Waals surface area (Å²) >= 11 is 10.0. The molecule has 0 spiro atoms. The molecule has 2 aromatic heterocycles. The van der Waals surface area contributed by atoms with Crippen LogP contribution in [0.4, 0.5) is 5.82 Å². The molecule has 5 rings (SSSR count). The third kappa shape index (κ3) is 6.42. The van der Waals surface area contributed by atoms with Gasteiger partial charge in [-0.3, -0.25) is 9.20 Å². The van der Waals surface area contributed by atoms with E-state index >= 15 is 0 Å². The fourth-order valence-electron chi connectivity index (χ4n) is 4.05. The largest absolute Gasteiger partial charge is 0.367 e. The highest BCUT2D eigenvalue weighted by Gasteiger charge is 2.12. The minimum atomic E-state index is -0.138. The SMILES string of the molecule is O=C(COCc1ccccc1)NCc1ccc(CNc2cc(-c3ccccc3Cl)nc3c(Br)ccn23)cc1. The van der Waals surface area contributed by atoms with Crippen LogP contribution in [0.15, 0.2) is 102 Å². The molecule has 1 amide bonds. The van der Waals surface area contributed by atoms with Gasteiger partial charge >= 0.3 is 0 Å². The van der Waals surface area contributed by atoms with E-state index in [0.29, 0.717) is 24.7 Å². The molecule has 5 aromatic rings. The Labute approximate surface area is 234 Å². The molecule has 2 N–H and O–H groups in total. The van der Waals surface area contributed by atoms with Gasteiger partial charge in [0.25, 0.3) is 0 Å². The number of carbonyl (C=O) groups is 1. The maximum Gasteiger partial charge on any atom is 0.246 e. The Kier molecular flexibility index (Phi) is 8.38. The van der Waals surface area contributed by atoms with Crippen LogP contribution in [0, 0.1) is 0 Å². The van der Waals surface area contributed by atoms with E-state index in [-0.39, 0.29) is 12.5 Å². The average Bonchev–Trinajstić information content (AvgIpc) is 3.32. The number of halogens is 2. The number of amides is 1. The number of nitrogens with one attached hydrogen (secondary N) is 2. The molecule has 0 bridgehead atoms. The molecule has 0 aliphatic carbocycles. The fourth-order valence-corrected chi connectivity index (χ4v) is 4.68. The Morgan fingerprint density at radius 2 is 1.61 bits per heavy atom. The Hall–Kier alpha value is -3.65. The Balaban J connectivity index is 1.18. The molecular weight excluding hydrogens is 564 g/mol. The van der Waals surface area contributed by atoms with Gasteiger partial charge in [-0.25, -0.2) is 4.98 Å². The van der Waals surface area contributed by atoms with Gasteiger partial charge in [-0.1, -0.05) is 84.4 Å². The molecule has 0 fully saturated rings. The monoisotopic (exact) mass is 588 g/mol. The lowest BCUT2D eigenvalue weighted by molar-refractivity contribution is -0.126. The van der Waals surface area contributed by atoms with Gasteiger partial charge in [0.2, 0.25) is 5.91 Å². The molecule has 192 valence electrons. The molecule has 8 heteroatoms. The number of anilines is 1. The summed E-state index contributed by atoms with van der Waals surface area (Å²) in [4.78, 5) is 16.9. The minimum Gasteiger partial charge on any atom is -0.367 e. The van der Waals surface area contributed by atoms with Crippen molar-refractivity contribution in [2.45, 2.75) is 19.7 Å². The van der Waals surface area contributed by atoms with Gasteiger partial charge in [-0.05, 0) is 44.8 Å². The second kappa shape index (κ2) is 12.3. The van der Waals surface area contributed by atoms with E-state index in [4.69, 9.17) is 21.3 Å². The van der Waals surface area contributed by atoms with E-state index in [2.05, 4.69) is 38.7 Å². The van der Waals surface area contributed by atoms with Crippen molar-refractivity contribution in [3.05, 3.63) is 123 Å². The first-order valence-electron chi connectivity index (χ1n) is 12.2. The van der Waals surface area contributed by atoms with Crippen LogP contribution >= 0.6 is 27.5 Å². The zero-order valence-corrected chi connectivity index (χ0v) is 22.9. The third-order valence-electron chi connectivity index (χ3n) is 6.05. The number of aromatic nitrogens is 2. The molecule has 2 heterocycles. The van der Waals surface area contributed by atoms with E-state index in [0.717, 1.165) is 43.9 Å². The summed E-state index contributed by atoms with van der Waals surface area (Å²) in [6.45, 7) is 1.52. The van der Waals surface area contributed by atoms with Crippen LogP contribution in [-0.2, 0) is 29.2 Å². The van der Waals surface area contributed by atoms with Crippen molar-refractivity contribution in [2.75, 3.05) is 11.9 Å². The van der Waals surface area contributed by atoms with Crippen LogP contribution in [-0.4, -0.2) is 21.9 Å². The highest BCUT2D eigenvalue weighted by Crippen LogP contribution is 2.31. The molecule has 0 radical (unpaired) electrons. The molecule has 0 aliphatic heterocycles. The number of ether oxygens (including phenoxy) is 1. The van der Waals surface area contributed by atoms with E-state index in [1.807, 2.05) is 89.5 Å². The summed E-state index contributed by atoms with van der Waals surface area (Å²) in [6, 6.07) is 29.6. The number of rotatable bonds is 10. The normalized spacial score (nSPS) is 11.0. The lowest BCUT2D eigenvalue weighted by Crippen LogP contribution is -2.27. The van der Waals surface area contributed by atoms with Crippen LogP contribution in [0.3, 0.4) is 0 Å². The van der Waals surface area contributed by atoms with Crippen molar-refractivity contribution in [2.24, 2.45) is 0 Å². The topological polar surface area (TPSA) is 67.7 Å². The number of hydrogen-bond acceptors (Lipinski definition) is 4. The zero-order chi connectivity index (χ0) is 26.3. The number of benzene rings is 3. The second-order valence-corrected chi connectivity index (χ2v) is 10.1. The third-order valence-corrected chi connectivity index (χ3v) is 7.00. The van der Waals surface area contributed by atoms with Crippen molar-refractivity contribution < 1.29 is 9.53 Å². The average molecular weight is 590 g/mol. The summed E-state index contributed by atoms with van der Waals surface area (Å²) in [7, 11) is 0. The van der Waals surface area contributed by atoms with Crippen LogP contribution in [0.1, 0.15) is 16.7 Å². The van der Waals surface area contributed by atoms with Crippen molar-refractivity contribution in [1.29, 1.82) is 0 Å². The molecule has 0 unspecified atom stereocenters. The van der Waals surface area contributed by atoms with Gasteiger partial charge in [0.1, 0.15) is 12.4 Å². The summed E-state index contributed by atoms with van der Waals surface area (Å²) in [5, 5.41) is 7.09. The summed E-state index contributed by atoms with van der Waals surface area (Å²) < 4.78 is 8.42. The van der Waals surface area contributed by atoms with E-state index in [1.54, 1.807) is 0 Å². The Bertz CT molecular complexity index is 1540. The van der Waals surface area contributed by atoms with Crippen molar-refractivity contribution in [3.63, 3.8) is 0 Å². The van der Waals surface area contributed by atoms with Gasteiger partial charge in [0.15, 0.2) is 5.65 Å². The molecule has 38 heavy (non-hydrogen) atoms. The maximum atomic E-state index is 12.1. The first-order valence-corrected chi connectivity index (χ1v) is 13.4. The van der Waals surface area contributed by atoms with E-state index < -0.39 is 0 Å². The molecule has 0 saturated carbocycles. The standard InChI is InChI=1S/C30H26BrClN4O2/c31-25-14-15-36-28(16-27(35-30(25)36)24-8-4-5-9-26(24)32)33-17-21-10-12-22(13-11-21)18-34-29(37)20-38-19-23-6-2-1-3-7-23/h1-16,33H,17-20H2,(H,34,37). The highest BCUT2D eigenvalue weighted by atomic mass is 79.9. The minimum absolute atomic E-state index is 0.0307. The van der Waals surface area contributed by atoms with Crippen LogP contribution in [0.5, 0.6) is 0 Å². The molecule has 0 aliphatic rings. The first kappa shape index (κ1) is 26.0. The second-order valence-electron chi connectivity index (χ2n) is 8.79.